The molecule has 2 aromatic heterocycles. The number of halogens is 4. The van der Waals surface area contributed by atoms with Gasteiger partial charge in [-0.15, -0.1) is 0 Å². The first kappa shape index (κ1) is 24.6. The van der Waals surface area contributed by atoms with E-state index in [4.69, 9.17) is 0 Å². The second kappa shape index (κ2) is 9.65. The van der Waals surface area contributed by atoms with E-state index >= 15 is 0 Å². The van der Waals surface area contributed by atoms with E-state index in [1.807, 2.05) is 0 Å². The van der Waals surface area contributed by atoms with Crippen molar-refractivity contribution >= 4 is 39.0 Å². The standard InChI is InChI=1S/C24H20BrF3N4O3/c25-15-2-5-19(18(9-15)24(26,27)28)32-17-4-3-16(29-13-17)12-31-22(35)23(7-8-23)10-20(33)14-1-6-21(34)30-11-14/h1-6,9,11,13,32H,7-8,10,12H2,(H,30,34)(H,31,35). The highest BCUT2D eigenvalue weighted by Crippen LogP contribution is 2.49. The molecule has 2 heterocycles. The molecule has 0 radical (unpaired) electrons. The third kappa shape index (κ3) is 5.97. The van der Waals surface area contributed by atoms with Gasteiger partial charge in [-0.25, -0.2) is 0 Å². The van der Waals surface area contributed by atoms with Gasteiger partial charge in [-0.1, -0.05) is 15.9 Å². The van der Waals surface area contributed by atoms with Gasteiger partial charge in [-0.05, 0) is 49.2 Å². The Hall–Kier alpha value is -3.47. The Morgan fingerprint density at radius 3 is 2.49 bits per heavy atom. The number of ketones is 1. The second-order valence-corrected chi connectivity index (χ2v) is 9.27. The minimum absolute atomic E-state index is 0.0376. The number of anilines is 2. The van der Waals surface area contributed by atoms with E-state index in [1.54, 1.807) is 12.1 Å². The van der Waals surface area contributed by atoms with Crippen molar-refractivity contribution in [2.24, 2.45) is 5.41 Å². The number of hydrogen-bond acceptors (Lipinski definition) is 5. The van der Waals surface area contributed by atoms with E-state index in [0.717, 1.165) is 6.07 Å². The summed E-state index contributed by atoms with van der Waals surface area (Å²) in [7, 11) is 0. The molecule has 0 spiro atoms. The summed E-state index contributed by atoms with van der Waals surface area (Å²) in [5.74, 6) is -0.488. The zero-order valence-electron chi connectivity index (χ0n) is 18.2. The largest absolute Gasteiger partial charge is 0.418 e. The molecule has 0 unspecified atom stereocenters. The number of benzene rings is 1. The van der Waals surface area contributed by atoms with Gasteiger partial charge in [-0.2, -0.15) is 13.2 Å². The summed E-state index contributed by atoms with van der Waals surface area (Å²) in [6, 6.07) is 9.69. The van der Waals surface area contributed by atoms with Crippen LogP contribution >= 0.6 is 15.9 Å². The highest BCUT2D eigenvalue weighted by molar-refractivity contribution is 9.10. The predicted molar refractivity (Wildman–Crippen MR) is 126 cm³/mol. The van der Waals surface area contributed by atoms with Crippen molar-refractivity contribution in [2.45, 2.75) is 32.0 Å². The maximum absolute atomic E-state index is 13.3. The number of amides is 1. The van der Waals surface area contributed by atoms with Crippen molar-refractivity contribution in [3.63, 3.8) is 0 Å². The van der Waals surface area contributed by atoms with Crippen LogP contribution in [0.1, 0.15) is 40.9 Å². The quantitative estimate of drug-likeness (QED) is 0.345. The molecule has 1 aliphatic carbocycles. The molecule has 1 aromatic carbocycles. The van der Waals surface area contributed by atoms with Gasteiger partial charge in [-0.3, -0.25) is 19.4 Å². The fraction of sp³-hybridized carbons (Fsp3) is 0.250. The zero-order chi connectivity index (χ0) is 25.2. The van der Waals surface area contributed by atoms with Crippen LogP contribution in [-0.4, -0.2) is 21.7 Å². The average Bonchev–Trinajstić information content (AvgIpc) is 3.60. The van der Waals surface area contributed by atoms with Crippen LogP contribution in [-0.2, 0) is 17.5 Å². The molecule has 0 atom stereocenters. The molecule has 7 nitrogen and oxygen atoms in total. The Labute approximate surface area is 206 Å². The molecule has 1 saturated carbocycles. The highest BCUT2D eigenvalue weighted by Gasteiger charge is 2.51. The number of Topliss-reactive ketones (excluding diaryl/α,β-unsaturated/α-hetero) is 1. The van der Waals surface area contributed by atoms with E-state index < -0.39 is 17.2 Å². The molecule has 1 aliphatic rings. The number of nitrogens with zero attached hydrogens (tertiary/aromatic N) is 1. The van der Waals surface area contributed by atoms with Gasteiger partial charge in [0.25, 0.3) is 0 Å². The number of carbonyl (C=O) groups is 2. The zero-order valence-corrected chi connectivity index (χ0v) is 19.8. The molecular formula is C24H20BrF3N4O3. The molecule has 0 aliphatic heterocycles. The predicted octanol–water partition coefficient (Wildman–Crippen LogP) is 4.96. The minimum atomic E-state index is -4.53. The summed E-state index contributed by atoms with van der Waals surface area (Å²) < 4.78 is 40.3. The van der Waals surface area contributed by atoms with E-state index in [2.05, 4.69) is 36.5 Å². The molecule has 3 aromatic rings. The molecule has 4 rings (SSSR count). The van der Waals surface area contributed by atoms with Crippen molar-refractivity contribution in [1.29, 1.82) is 0 Å². The van der Waals surface area contributed by atoms with E-state index in [1.165, 1.54) is 36.7 Å². The lowest BCUT2D eigenvalue weighted by Crippen LogP contribution is -2.33. The molecule has 3 N–H and O–H groups in total. The lowest BCUT2D eigenvalue weighted by Gasteiger charge is -2.16. The number of hydrogen-bond donors (Lipinski definition) is 3. The maximum atomic E-state index is 13.3. The minimum Gasteiger partial charge on any atom is -0.354 e. The first-order chi connectivity index (χ1) is 16.6. The van der Waals surface area contributed by atoms with Crippen LogP contribution in [0.25, 0.3) is 0 Å². The van der Waals surface area contributed by atoms with Crippen molar-refractivity contribution in [3.05, 3.63) is 86.5 Å². The summed E-state index contributed by atoms with van der Waals surface area (Å²) in [6.45, 7) is 0.111. The lowest BCUT2D eigenvalue weighted by atomic mass is 9.95. The van der Waals surface area contributed by atoms with Crippen LogP contribution < -0.4 is 16.2 Å². The fourth-order valence-corrected chi connectivity index (χ4v) is 3.97. The van der Waals surface area contributed by atoms with Crippen molar-refractivity contribution < 1.29 is 22.8 Å². The van der Waals surface area contributed by atoms with Gasteiger partial charge in [0.1, 0.15) is 0 Å². The number of alkyl halides is 3. The molecule has 35 heavy (non-hydrogen) atoms. The number of carbonyl (C=O) groups excluding carboxylic acids is 2. The number of pyridine rings is 2. The maximum Gasteiger partial charge on any atom is 0.418 e. The topological polar surface area (TPSA) is 104 Å². The summed E-state index contributed by atoms with van der Waals surface area (Å²) >= 11 is 3.05. The monoisotopic (exact) mass is 548 g/mol. The van der Waals surface area contributed by atoms with E-state index in [0.29, 0.717) is 34.3 Å². The molecule has 0 bridgehead atoms. The smallest absolute Gasteiger partial charge is 0.354 e. The Morgan fingerprint density at radius 1 is 1.11 bits per heavy atom. The van der Waals surface area contributed by atoms with Crippen LogP contribution in [0, 0.1) is 5.41 Å². The first-order valence-electron chi connectivity index (χ1n) is 10.6. The van der Waals surface area contributed by atoms with Crippen molar-refractivity contribution in [3.8, 4) is 0 Å². The second-order valence-electron chi connectivity index (χ2n) is 8.36. The summed E-state index contributed by atoms with van der Waals surface area (Å²) in [5, 5.41) is 5.51. The molecule has 182 valence electrons. The van der Waals surface area contributed by atoms with Gasteiger partial charge in [0.05, 0.1) is 40.8 Å². The van der Waals surface area contributed by atoms with Crippen LogP contribution in [0.3, 0.4) is 0 Å². The summed E-state index contributed by atoms with van der Waals surface area (Å²) in [6.07, 6.45) is -0.601. The molecule has 1 fully saturated rings. The number of nitrogens with one attached hydrogen (secondary N) is 3. The van der Waals surface area contributed by atoms with Crippen LogP contribution in [0.5, 0.6) is 0 Å². The van der Waals surface area contributed by atoms with Gasteiger partial charge in [0, 0.05) is 28.7 Å². The Bertz CT molecular complexity index is 1300. The van der Waals surface area contributed by atoms with Gasteiger partial charge < -0.3 is 15.6 Å². The Balaban J connectivity index is 1.35. The fourth-order valence-electron chi connectivity index (χ4n) is 3.61. The number of aromatic nitrogens is 2. The normalized spacial score (nSPS) is 14.3. The number of aromatic amines is 1. The van der Waals surface area contributed by atoms with Crippen molar-refractivity contribution in [1.82, 2.24) is 15.3 Å². The van der Waals surface area contributed by atoms with Gasteiger partial charge in [0.2, 0.25) is 11.5 Å². The van der Waals surface area contributed by atoms with Crippen LogP contribution in [0.2, 0.25) is 0 Å². The SMILES string of the molecule is O=C(CC1(C(=O)NCc2ccc(Nc3ccc(Br)cc3C(F)(F)F)cn2)CC1)c1ccc(=O)[nH]c1. The van der Waals surface area contributed by atoms with E-state index in [9.17, 15) is 27.6 Å². The summed E-state index contributed by atoms with van der Waals surface area (Å²) in [4.78, 5) is 43.0. The van der Waals surface area contributed by atoms with Crippen LogP contribution in [0.4, 0.5) is 24.5 Å². The van der Waals surface area contributed by atoms with Crippen LogP contribution in [0.15, 0.2) is 64.1 Å². The first-order valence-corrected chi connectivity index (χ1v) is 11.4. The molecule has 1 amide bonds. The Morgan fingerprint density at radius 2 is 1.89 bits per heavy atom. The van der Waals surface area contributed by atoms with Crippen molar-refractivity contribution in [2.75, 3.05) is 5.32 Å². The average molecular weight is 549 g/mol. The van der Waals surface area contributed by atoms with Gasteiger partial charge in [0.15, 0.2) is 5.78 Å². The molecule has 0 saturated heterocycles. The van der Waals surface area contributed by atoms with E-state index in [-0.39, 0.29) is 35.9 Å². The number of H-pyrrole nitrogens is 1. The lowest BCUT2D eigenvalue weighted by molar-refractivity contribution is -0.137. The Kier molecular flexibility index (Phi) is 6.79. The molecular weight excluding hydrogens is 529 g/mol. The number of rotatable bonds is 8. The third-order valence-corrected chi connectivity index (χ3v) is 6.25. The van der Waals surface area contributed by atoms with Gasteiger partial charge >= 0.3 is 6.18 Å². The molecule has 11 heteroatoms. The summed E-state index contributed by atoms with van der Waals surface area (Å²) in [5.41, 5.74) is -0.790. The highest BCUT2D eigenvalue weighted by atomic mass is 79.9. The third-order valence-electron chi connectivity index (χ3n) is 5.76.